The summed E-state index contributed by atoms with van der Waals surface area (Å²) in [6.45, 7) is 4.24. The van der Waals surface area contributed by atoms with Gasteiger partial charge in [-0.2, -0.15) is 0 Å². The van der Waals surface area contributed by atoms with Crippen LogP contribution in [0.4, 0.5) is 10.5 Å². The van der Waals surface area contributed by atoms with Gasteiger partial charge in [0.05, 0.1) is 17.8 Å². The minimum Gasteiger partial charge on any atom is -0.481 e. The summed E-state index contributed by atoms with van der Waals surface area (Å²) >= 11 is 0. The van der Waals surface area contributed by atoms with Gasteiger partial charge in [-0.05, 0) is 38.3 Å². The molecular formula is C14H19N3O3. The molecule has 0 bridgehead atoms. The van der Waals surface area contributed by atoms with E-state index in [-0.39, 0.29) is 18.0 Å². The molecule has 1 fully saturated rings. The lowest BCUT2D eigenvalue weighted by Crippen LogP contribution is -2.47. The first kappa shape index (κ1) is 14.3. The molecule has 2 atom stereocenters. The number of nitrogens with zero attached hydrogens (tertiary/aromatic N) is 2. The minimum absolute atomic E-state index is 0.0816. The summed E-state index contributed by atoms with van der Waals surface area (Å²) in [7, 11) is 0. The zero-order valence-corrected chi connectivity index (χ0v) is 11.7. The van der Waals surface area contributed by atoms with E-state index in [0.29, 0.717) is 25.1 Å². The van der Waals surface area contributed by atoms with Crippen molar-refractivity contribution in [3.05, 3.63) is 24.0 Å². The molecule has 20 heavy (non-hydrogen) atoms. The zero-order valence-electron chi connectivity index (χ0n) is 11.7. The van der Waals surface area contributed by atoms with Crippen LogP contribution in [0.25, 0.3) is 0 Å². The summed E-state index contributed by atoms with van der Waals surface area (Å²) in [6, 6.07) is 1.55. The monoisotopic (exact) mass is 277 g/mol. The molecule has 1 aliphatic heterocycles. The predicted molar refractivity (Wildman–Crippen MR) is 74.5 cm³/mol. The maximum absolute atomic E-state index is 12.2. The van der Waals surface area contributed by atoms with Gasteiger partial charge in [0.2, 0.25) is 0 Å². The summed E-state index contributed by atoms with van der Waals surface area (Å²) in [5, 5.41) is 11.9. The molecule has 2 unspecified atom stereocenters. The molecule has 2 N–H and O–H groups in total. The molecular weight excluding hydrogens is 258 g/mol. The fraction of sp³-hybridized carbons (Fsp3) is 0.500. The minimum atomic E-state index is -0.778. The second-order valence-electron chi connectivity index (χ2n) is 5.22. The molecule has 1 aromatic rings. The van der Waals surface area contributed by atoms with Crippen LogP contribution in [0.5, 0.6) is 0 Å². The van der Waals surface area contributed by atoms with Crippen molar-refractivity contribution < 1.29 is 14.7 Å². The van der Waals surface area contributed by atoms with Crippen LogP contribution < -0.4 is 5.32 Å². The quantitative estimate of drug-likeness (QED) is 0.867. The second kappa shape index (κ2) is 5.90. The van der Waals surface area contributed by atoms with Crippen LogP contribution in [0.2, 0.25) is 0 Å². The number of likely N-dealkylation sites (tertiary alicyclic amines) is 1. The Kier molecular flexibility index (Phi) is 4.22. The number of aromatic nitrogens is 1. The Balaban J connectivity index is 2.00. The van der Waals surface area contributed by atoms with Crippen molar-refractivity contribution in [2.45, 2.75) is 32.7 Å². The molecule has 0 saturated carbocycles. The van der Waals surface area contributed by atoms with E-state index >= 15 is 0 Å². The number of carboxylic acid groups (broad SMARTS) is 1. The zero-order chi connectivity index (χ0) is 14.7. The summed E-state index contributed by atoms with van der Waals surface area (Å²) < 4.78 is 0. The molecule has 2 amide bonds. The first-order chi connectivity index (χ1) is 9.49. The number of carbonyl (C=O) groups is 2. The molecule has 1 saturated heterocycles. The lowest BCUT2D eigenvalue weighted by Gasteiger charge is -2.36. The van der Waals surface area contributed by atoms with Gasteiger partial charge in [-0.3, -0.25) is 9.78 Å². The Morgan fingerprint density at radius 1 is 1.50 bits per heavy atom. The molecule has 1 aromatic heterocycles. The van der Waals surface area contributed by atoms with Crippen LogP contribution >= 0.6 is 0 Å². The number of carbonyl (C=O) groups excluding carboxylic acids is 1. The van der Waals surface area contributed by atoms with Gasteiger partial charge in [0.25, 0.3) is 0 Å². The van der Waals surface area contributed by atoms with E-state index < -0.39 is 5.97 Å². The lowest BCUT2D eigenvalue weighted by atomic mass is 9.92. The third-order valence-corrected chi connectivity index (χ3v) is 3.77. The Labute approximate surface area is 117 Å². The highest BCUT2D eigenvalue weighted by atomic mass is 16.4. The van der Waals surface area contributed by atoms with Crippen molar-refractivity contribution in [3.8, 4) is 0 Å². The highest BCUT2D eigenvalue weighted by molar-refractivity contribution is 5.90. The summed E-state index contributed by atoms with van der Waals surface area (Å²) in [5.74, 6) is -1.13. The van der Waals surface area contributed by atoms with Crippen LogP contribution in [0.3, 0.4) is 0 Å². The Hall–Kier alpha value is -2.11. The highest BCUT2D eigenvalue weighted by Gasteiger charge is 2.32. The smallest absolute Gasteiger partial charge is 0.322 e. The third-order valence-electron chi connectivity index (χ3n) is 3.77. The van der Waals surface area contributed by atoms with Gasteiger partial charge in [-0.1, -0.05) is 0 Å². The fourth-order valence-electron chi connectivity index (χ4n) is 2.48. The van der Waals surface area contributed by atoms with Crippen LogP contribution in [0.15, 0.2) is 18.5 Å². The van der Waals surface area contributed by atoms with Crippen LogP contribution in [0, 0.1) is 12.8 Å². The van der Waals surface area contributed by atoms with Crippen LogP contribution in [0.1, 0.15) is 25.3 Å². The van der Waals surface area contributed by atoms with Crippen LogP contribution in [-0.4, -0.2) is 39.6 Å². The second-order valence-corrected chi connectivity index (χ2v) is 5.22. The number of anilines is 1. The van der Waals surface area contributed by atoms with Crippen molar-refractivity contribution in [3.63, 3.8) is 0 Å². The Morgan fingerprint density at radius 3 is 2.85 bits per heavy atom. The number of urea groups is 1. The first-order valence-corrected chi connectivity index (χ1v) is 6.70. The van der Waals surface area contributed by atoms with Gasteiger partial charge >= 0.3 is 12.0 Å². The number of aliphatic carboxylic acids is 1. The molecule has 6 nitrogen and oxygen atoms in total. The molecule has 1 aliphatic rings. The van der Waals surface area contributed by atoms with E-state index in [2.05, 4.69) is 10.3 Å². The molecule has 2 rings (SSSR count). The Bertz CT molecular complexity index is 518. The molecule has 108 valence electrons. The number of hydrogen-bond donors (Lipinski definition) is 2. The van der Waals surface area contributed by atoms with Crippen molar-refractivity contribution in [2.24, 2.45) is 5.92 Å². The number of amides is 2. The maximum Gasteiger partial charge on any atom is 0.322 e. The van der Waals surface area contributed by atoms with Gasteiger partial charge in [0.15, 0.2) is 0 Å². The SMILES string of the molecule is Cc1ccncc1NC(=O)N1CCC(C(=O)O)CC1C. The number of aryl methyl sites for hydroxylation is 1. The highest BCUT2D eigenvalue weighted by Crippen LogP contribution is 2.24. The predicted octanol–water partition coefficient (Wildman–Crippen LogP) is 2.11. The van der Waals surface area contributed by atoms with Crippen molar-refractivity contribution in [1.82, 2.24) is 9.88 Å². The standard InChI is InChI=1S/C14H19N3O3/c1-9-3-5-15-8-12(9)16-14(20)17-6-4-11(13(18)19)7-10(17)2/h3,5,8,10-11H,4,6-7H2,1-2H3,(H,16,20)(H,18,19). The molecule has 6 heteroatoms. The van der Waals surface area contributed by atoms with E-state index in [4.69, 9.17) is 5.11 Å². The fourth-order valence-corrected chi connectivity index (χ4v) is 2.48. The van der Waals surface area contributed by atoms with Crippen molar-refractivity contribution in [2.75, 3.05) is 11.9 Å². The number of hydrogen-bond acceptors (Lipinski definition) is 3. The van der Waals surface area contributed by atoms with Crippen molar-refractivity contribution >= 4 is 17.7 Å². The van der Waals surface area contributed by atoms with Gasteiger partial charge in [0.1, 0.15) is 0 Å². The first-order valence-electron chi connectivity index (χ1n) is 6.70. The average Bonchev–Trinajstić information content (AvgIpc) is 2.41. The van der Waals surface area contributed by atoms with E-state index in [9.17, 15) is 9.59 Å². The largest absolute Gasteiger partial charge is 0.481 e. The van der Waals surface area contributed by atoms with E-state index in [1.54, 1.807) is 17.3 Å². The summed E-state index contributed by atoms with van der Waals surface area (Å²) in [6.07, 6.45) is 4.28. The number of carboxylic acids is 1. The lowest BCUT2D eigenvalue weighted by molar-refractivity contribution is -0.143. The molecule has 2 heterocycles. The molecule has 0 radical (unpaired) electrons. The topological polar surface area (TPSA) is 82.5 Å². The third kappa shape index (κ3) is 3.07. The molecule has 0 spiro atoms. The van der Waals surface area contributed by atoms with Gasteiger partial charge < -0.3 is 15.3 Å². The van der Waals surface area contributed by atoms with Crippen molar-refractivity contribution in [1.29, 1.82) is 0 Å². The van der Waals surface area contributed by atoms with E-state index in [1.165, 1.54) is 0 Å². The Morgan fingerprint density at radius 2 is 2.25 bits per heavy atom. The van der Waals surface area contributed by atoms with Gasteiger partial charge in [0, 0.05) is 18.8 Å². The average molecular weight is 277 g/mol. The number of nitrogens with one attached hydrogen (secondary N) is 1. The maximum atomic E-state index is 12.2. The summed E-state index contributed by atoms with van der Waals surface area (Å²) in [4.78, 5) is 28.9. The van der Waals surface area contributed by atoms with Gasteiger partial charge in [-0.25, -0.2) is 4.79 Å². The van der Waals surface area contributed by atoms with E-state index in [0.717, 1.165) is 5.56 Å². The van der Waals surface area contributed by atoms with E-state index in [1.807, 2.05) is 19.9 Å². The molecule has 0 aliphatic carbocycles. The number of pyridine rings is 1. The van der Waals surface area contributed by atoms with Crippen LogP contribution in [-0.2, 0) is 4.79 Å². The number of rotatable bonds is 2. The normalized spacial score (nSPS) is 22.4. The number of piperidine rings is 1. The van der Waals surface area contributed by atoms with Gasteiger partial charge in [-0.15, -0.1) is 0 Å². The molecule has 0 aromatic carbocycles. The summed E-state index contributed by atoms with van der Waals surface area (Å²) in [5.41, 5.74) is 1.63.